The minimum atomic E-state index is -0.0794. The molecular weight excluding hydrogens is 328 g/mol. The molecule has 0 unspecified atom stereocenters. The zero-order valence-corrected chi connectivity index (χ0v) is 15.1. The second-order valence-electron chi connectivity index (χ2n) is 6.44. The van der Waals surface area contributed by atoms with Gasteiger partial charge in [0.2, 0.25) is 0 Å². The maximum Gasteiger partial charge on any atom is 0.259 e. The summed E-state index contributed by atoms with van der Waals surface area (Å²) in [5.41, 5.74) is 3.73. The normalized spacial score (nSPS) is 13.0. The molecule has 3 aromatic rings. The van der Waals surface area contributed by atoms with Crippen molar-refractivity contribution in [3.05, 3.63) is 59.2 Å². The fourth-order valence-electron chi connectivity index (χ4n) is 3.39. The largest absolute Gasteiger partial charge is 0.493 e. The molecule has 0 fully saturated rings. The molecule has 5 heteroatoms. The SMILES string of the molecule is COc1ccc(C(=O)N2CCc3cc4ccc(C)cc4nc32)cc1OC. The summed E-state index contributed by atoms with van der Waals surface area (Å²) in [6, 6.07) is 13.6. The van der Waals surface area contributed by atoms with E-state index in [1.165, 1.54) is 0 Å². The van der Waals surface area contributed by atoms with E-state index in [9.17, 15) is 4.79 Å². The molecular formula is C21H20N2O3. The number of benzene rings is 2. The first-order valence-corrected chi connectivity index (χ1v) is 8.55. The van der Waals surface area contributed by atoms with Gasteiger partial charge in [-0.25, -0.2) is 4.98 Å². The van der Waals surface area contributed by atoms with Crippen molar-refractivity contribution in [2.75, 3.05) is 25.7 Å². The number of fused-ring (bicyclic) bond motifs is 2. The molecule has 0 bridgehead atoms. The first kappa shape index (κ1) is 16.4. The highest BCUT2D eigenvalue weighted by atomic mass is 16.5. The Bertz CT molecular complexity index is 1010. The molecule has 0 N–H and O–H groups in total. The predicted molar refractivity (Wildman–Crippen MR) is 101 cm³/mol. The Hall–Kier alpha value is -3.08. The second kappa shape index (κ2) is 6.33. The van der Waals surface area contributed by atoms with Crippen LogP contribution in [0.1, 0.15) is 21.5 Å². The molecule has 0 radical (unpaired) electrons. The van der Waals surface area contributed by atoms with Gasteiger partial charge in [0.15, 0.2) is 11.5 Å². The van der Waals surface area contributed by atoms with Gasteiger partial charge in [0.05, 0.1) is 19.7 Å². The Balaban J connectivity index is 1.73. The minimum Gasteiger partial charge on any atom is -0.493 e. The molecule has 1 aliphatic rings. The van der Waals surface area contributed by atoms with E-state index >= 15 is 0 Å². The van der Waals surface area contributed by atoms with Crippen molar-refractivity contribution in [3.8, 4) is 11.5 Å². The highest BCUT2D eigenvalue weighted by molar-refractivity contribution is 6.07. The summed E-state index contributed by atoms with van der Waals surface area (Å²) in [5.74, 6) is 1.82. The Kier molecular flexibility index (Phi) is 3.99. The number of amides is 1. The minimum absolute atomic E-state index is 0.0794. The van der Waals surface area contributed by atoms with E-state index in [2.05, 4.69) is 18.2 Å². The summed E-state index contributed by atoms with van der Waals surface area (Å²) < 4.78 is 10.6. The van der Waals surface area contributed by atoms with Crippen LogP contribution in [0.4, 0.5) is 5.82 Å². The maximum absolute atomic E-state index is 13.1. The molecule has 4 rings (SSSR count). The number of hydrogen-bond donors (Lipinski definition) is 0. The number of pyridine rings is 1. The van der Waals surface area contributed by atoms with Crippen molar-refractivity contribution < 1.29 is 14.3 Å². The van der Waals surface area contributed by atoms with Gasteiger partial charge in [-0.3, -0.25) is 9.69 Å². The molecule has 26 heavy (non-hydrogen) atoms. The lowest BCUT2D eigenvalue weighted by Crippen LogP contribution is -2.29. The number of rotatable bonds is 3. The van der Waals surface area contributed by atoms with Crippen LogP contribution in [0.25, 0.3) is 10.9 Å². The maximum atomic E-state index is 13.1. The lowest BCUT2D eigenvalue weighted by molar-refractivity contribution is 0.0988. The molecule has 0 aliphatic carbocycles. The van der Waals surface area contributed by atoms with Gasteiger partial charge in [0.25, 0.3) is 5.91 Å². The molecule has 1 aliphatic heterocycles. The number of anilines is 1. The first-order valence-electron chi connectivity index (χ1n) is 8.55. The standard InChI is InChI=1S/C21H20N2O3/c1-13-4-5-14-11-15-8-9-23(20(15)22-17(14)10-13)21(24)16-6-7-18(25-2)19(12-16)26-3/h4-7,10-12H,8-9H2,1-3H3. The molecule has 0 saturated carbocycles. The molecule has 2 aromatic carbocycles. The lowest BCUT2D eigenvalue weighted by Gasteiger charge is -2.18. The van der Waals surface area contributed by atoms with Crippen molar-refractivity contribution in [2.45, 2.75) is 13.3 Å². The third-order valence-electron chi connectivity index (χ3n) is 4.77. The van der Waals surface area contributed by atoms with Gasteiger partial charge in [-0.2, -0.15) is 0 Å². The van der Waals surface area contributed by atoms with E-state index < -0.39 is 0 Å². The smallest absolute Gasteiger partial charge is 0.259 e. The molecule has 5 nitrogen and oxygen atoms in total. The molecule has 0 spiro atoms. The van der Waals surface area contributed by atoms with Gasteiger partial charge in [0.1, 0.15) is 5.82 Å². The van der Waals surface area contributed by atoms with Crippen LogP contribution in [0.15, 0.2) is 42.5 Å². The third-order valence-corrected chi connectivity index (χ3v) is 4.77. The van der Waals surface area contributed by atoms with Crippen LogP contribution in [-0.4, -0.2) is 31.7 Å². The Labute approximate surface area is 152 Å². The van der Waals surface area contributed by atoms with Crippen LogP contribution in [0.3, 0.4) is 0 Å². The first-order chi connectivity index (χ1) is 12.6. The summed E-state index contributed by atoms with van der Waals surface area (Å²) in [6.45, 7) is 2.67. The number of methoxy groups -OCH3 is 2. The molecule has 132 valence electrons. The summed E-state index contributed by atoms with van der Waals surface area (Å²) in [5, 5.41) is 1.11. The third kappa shape index (κ3) is 2.65. The van der Waals surface area contributed by atoms with Crippen LogP contribution in [0.5, 0.6) is 11.5 Å². The average molecular weight is 348 g/mol. The monoisotopic (exact) mass is 348 g/mol. The fourth-order valence-corrected chi connectivity index (χ4v) is 3.39. The molecule has 2 heterocycles. The molecule has 0 saturated heterocycles. The van der Waals surface area contributed by atoms with E-state index in [-0.39, 0.29) is 5.91 Å². The van der Waals surface area contributed by atoms with E-state index in [1.54, 1.807) is 37.3 Å². The second-order valence-corrected chi connectivity index (χ2v) is 6.44. The van der Waals surface area contributed by atoms with Crippen LogP contribution in [0, 0.1) is 6.92 Å². The van der Waals surface area contributed by atoms with Crippen LogP contribution < -0.4 is 14.4 Å². The Morgan fingerprint density at radius 3 is 2.62 bits per heavy atom. The van der Waals surface area contributed by atoms with Crippen LogP contribution in [-0.2, 0) is 6.42 Å². The average Bonchev–Trinajstić information content (AvgIpc) is 3.07. The van der Waals surface area contributed by atoms with E-state index in [0.717, 1.165) is 34.3 Å². The van der Waals surface area contributed by atoms with E-state index in [0.29, 0.717) is 23.6 Å². The number of ether oxygens (including phenoxy) is 2. The van der Waals surface area contributed by atoms with Gasteiger partial charge in [0, 0.05) is 17.5 Å². The number of carbonyl (C=O) groups is 1. The highest BCUT2D eigenvalue weighted by Gasteiger charge is 2.28. The van der Waals surface area contributed by atoms with Crippen molar-refractivity contribution >= 4 is 22.6 Å². The number of hydrogen-bond acceptors (Lipinski definition) is 4. The number of aromatic nitrogens is 1. The van der Waals surface area contributed by atoms with Crippen LogP contribution in [0.2, 0.25) is 0 Å². The van der Waals surface area contributed by atoms with Crippen molar-refractivity contribution in [3.63, 3.8) is 0 Å². The van der Waals surface area contributed by atoms with E-state index in [1.807, 2.05) is 13.0 Å². The predicted octanol–water partition coefficient (Wildman–Crippen LogP) is 3.76. The van der Waals surface area contributed by atoms with Crippen molar-refractivity contribution in [2.24, 2.45) is 0 Å². The Morgan fingerprint density at radius 1 is 1.04 bits per heavy atom. The molecule has 1 aromatic heterocycles. The van der Waals surface area contributed by atoms with Gasteiger partial charge >= 0.3 is 0 Å². The zero-order valence-electron chi connectivity index (χ0n) is 15.1. The molecule has 0 atom stereocenters. The zero-order chi connectivity index (χ0) is 18.3. The van der Waals surface area contributed by atoms with Gasteiger partial charge in [-0.05, 0) is 54.8 Å². The summed E-state index contributed by atoms with van der Waals surface area (Å²) in [7, 11) is 3.14. The number of nitrogens with zero attached hydrogens (tertiary/aromatic N) is 2. The summed E-state index contributed by atoms with van der Waals surface area (Å²) >= 11 is 0. The van der Waals surface area contributed by atoms with Gasteiger partial charge in [-0.1, -0.05) is 12.1 Å². The lowest BCUT2D eigenvalue weighted by atomic mass is 10.1. The Morgan fingerprint density at radius 2 is 1.85 bits per heavy atom. The van der Waals surface area contributed by atoms with Gasteiger partial charge in [-0.15, -0.1) is 0 Å². The molecule has 1 amide bonds. The van der Waals surface area contributed by atoms with Crippen molar-refractivity contribution in [1.82, 2.24) is 4.98 Å². The summed E-state index contributed by atoms with van der Waals surface area (Å²) in [6.07, 6.45) is 0.811. The summed E-state index contributed by atoms with van der Waals surface area (Å²) in [4.78, 5) is 19.6. The van der Waals surface area contributed by atoms with Crippen LogP contribution >= 0.6 is 0 Å². The number of carbonyl (C=O) groups excluding carboxylic acids is 1. The highest BCUT2D eigenvalue weighted by Crippen LogP contribution is 2.33. The van der Waals surface area contributed by atoms with Gasteiger partial charge < -0.3 is 9.47 Å². The topological polar surface area (TPSA) is 51.7 Å². The number of aryl methyl sites for hydroxylation is 1. The fraction of sp³-hybridized carbons (Fsp3) is 0.238. The van der Waals surface area contributed by atoms with E-state index in [4.69, 9.17) is 14.5 Å². The quantitative estimate of drug-likeness (QED) is 0.723. The van der Waals surface area contributed by atoms with Crippen molar-refractivity contribution in [1.29, 1.82) is 0 Å².